The van der Waals surface area contributed by atoms with E-state index in [1.165, 1.54) is 28.6 Å². The van der Waals surface area contributed by atoms with Crippen LogP contribution in [0.5, 0.6) is 0 Å². The fourth-order valence-corrected chi connectivity index (χ4v) is 4.85. The number of carbonyl (C=O) groups is 4. The predicted molar refractivity (Wildman–Crippen MR) is 119 cm³/mol. The maximum absolute atomic E-state index is 12.5. The number of esters is 1. The largest absolute Gasteiger partial charge is 0.454 e. The molecule has 0 radical (unpaired) electrons. The first-order chi connectivity index (χ1) is 15.7. The lowest BCUT2D eigenvalue weighted by Crippen LogP contribution is -2.45. The van der Waals surface area contributed by atoms with E-state index >= 15 is 0 Å². The molecule has 182 valence electrons. The number of ether oxygens (including phenoxy) is 1. The summed E-state index contributed by atoms with van der Waals surface area (Å²) in [6.07, 6.45) is 3.79. The Morgan fingerprint density at radius 2 is 1.64 bits per heavy atom. The summed E-state index contributed by atoms with van der Waals surface area (Å²) in [5.41, 5.74) is 0.155. The van der Waals surface area contributed by atoms with E-state index in [4.69, 9.17) is 4.74 Å². The van der Waals surface area contributed by atoms with E-state index in [1.54, 1.807) is 13.8 Å². The molecule has 12 heteroatoms. The summed E-state index contributed by atoms with van der Waals surface area (Å²) in [6.45, 7) is 2.96. The second-order valence-corrected chi connectivity index (χ2v) is 9.40. The number of sulfonamides is 1. The summed E-state index contributed by atoms with van der Waals surface area (Å²) in [5, 5.41) is 7.08. The van der Waals surface area contributed by atoms with E-state index in [2.05, 4.69) is 16.0 Å². The van der Waals surface area contributed by atoms with Gasteiger partial charge in [0, 0.05) is 24.7 Å². The van der Waals surface area contributed by atoms with Gasteiger partial charge in [0.15, 0.2) is 6.61 Å². The number of hydrogen-bond acceptors (Lipinski definition) is 7. The van der Waals surface area contributed by atoms with Gasteiger partial charge >= 0.3 is 12.0 Å². The maximum Gasteiger partial charge on any atom is 0.325 e. The van der Waals surface area contributed by atoms with Gasteiger partial charge in [-0.1, -0.05) is 26.7 Å². The van der Waals surface area contributed by atoms with E-state index in [0.717, 1.165) is 25.7 Å². The van der Waals surface area contributed by atoms with Crippen molar-refractivity contribution in [3.63, 3.8) is 0 Å². The Kier molecular flexibility index (Phi) is 9.79. The average Bonchev–Trinajstić information content (AvgIpc) is 3.29. The van der Waals surface area contributed by atoms with Crippen LogP contribution >= 0.6 is 0 Å². The molecule has 0 bridgehead atoms. The fraction of sp³-hybridized carbons (Fsp3) is 0.524. The number of benzene rings is 1. The van der Waals surface area contributed by atoms with Crippen LogP contribution < -0.4 is 16.0 Å². The lowest BCUT2D eigenvalue weighted by atomic mass is 10.2. The summed E-state index contributed by atoms with van der Waals surface area (Å²) < 4.78 is 31.0. The van der Waals surface area contributed by atoms with Gasteiger partial charge in [-0.15, -0.1) is 0 Å². The molecule has 0 spiro atoms. The zero-order valence-electron chi connectivity index (χ0n) is 18.8. The van der Waals surface area contributed by atoms with Gasteiger partial charge in [-0.2, -0.15) is 4.31 Å². The Hall–Kier alpha value is -2.99. The topological polar surface area (TPSA) is 151 Å². The third-order valence-corrected chi connectivity index (χ3v) is 7.22. The molecule has 0 atom stereocenters. The van der Waals surface area contributed by atoms with Crippen LogP contribution in [0.2, 0.25) is 0 Å². The van der Waals surface area contributed by atoms with Crippen molar-refractivity contribution in [1.82, 2.24) is 20.3 Å². The Bertz CT molecular complexity index is 953. The molecule has 0 aromatic heterocycles. The second-order valence-electron chi connectivity index (χ2n) is 7.46. The molecule has 1 aromatic rings. The minimum Gasteiger partial charge on any atom is -0.454 e. The molecule has 0 saturated heterocycles. The molecular formula is C21H30N4O7S. The third-order valence-electron chi connectivity index (χ3n) is 5.16. The van der Waals surface area contributed by atoms with Gasteiger partial charge in [0.25, 0.3) is 11.8 Å². The molecule has 3 N–H and O–H groups in total. The van der Waals surface area contributed by atoms with E-state index in [1.807, 2.05) is 0 Å². The molecule has 4 amide bonds. The zero-order chi connectivity index (χ0) is 24.4. The number of urea groups is 1. The summed E-state index contributed by atoms with van der Waals surface area (Å²) in [6, 6.07) is 4.73. The van der Waals surface area contributed by atoms with Crippen molar-refractivity contribution >= 4 is 33.8 Å². The Morgan fingerprint density at radius 1 is 1.03 bits per heavy atom. The first-order valence-corrected chi connectivity index (χ1v) is 12.3. The Balaban J connectivity index is 1.75. The van der Waals surface area contributed by atoms with Crippen LogP contribution in [0.1, 0.15) is 49.9 Å². The van der Waals surface area contributed by atoms with Crippen molar-refractivity contribution in [1.29, 1.82) is 0 Å². The third kappa shape index (κ3) is 7.82. The molecule has 1 aromatic carbocycles. The lowest BCUT2D eigenvalue weighted by Gasteiger charge is -2.18. The molecule has 33 heavy (non-hydrogen) atoms. The highest BCUT2D eigenvalue weighted by Gasteiger charge is 2.22. The quantitative estimate of drug-likeness (QED) is 0.417. The van der Waals surface area contributed by atoms with Crippen LogP contribution in [-0.4, -0.2) is 68.8 Å². The maximum atomic E-state index is 12.5. The standard InChI is InChI=1S/C21H30N4O7S/c1-3-25(4-2)33(30,31)17-11-9-15(10-12-17)20(28)22-13-19(27)32-14-18(26)24-21(29)23-16-7-5-6-8-16/h9-12,16H,3-8,13-14H2,1-2H3,(H,22,28)(H2,23,24,26,29). The minimum atomic E-state index is -3.64. The van der Waals surface area contributed by atoms with Crippen molar-refractivity contribution in [2.24, 2.45) is 0 Å². The number of nitrogens with one attached hydrogen (secondary N) is 3. The number of carbonyl (C=O) groups excluding carboxylic acids is 4. The molecule has 1 aliphatic carbocycles. The highest BCUT2D eigenvalue weighted by molar-refractivity contribution is 7.89. The van der Waals surface area contributed by atoms with Crippen LogP contribution in [0.15, 0.2) is 29.2 Å². The van der Waals surface area contributed by atoms with E-state index < -0.39 is 47.0 Å². The smallest absolute Gasteiger partial charge is 0.325 e. The Morgan fingerprint density at radius 3 is 2.21 bits per heavy atom. The van der Waals surface area contributed by atoms with Gasteiger partial charge in [0.2, 0.25) is 10.0 Å². The van der Waals surface area contributed by atoms with Gasteiger partial charge in [0.1, 0.15) is 6.54 Å². The van der Waals surface area contributed by atoms with Crippen LogP contribution in [0.4, 0.5) is 4.79 Å². The summed E-state index contributed by atoms with van der Waals surface area (Å²) >= 11 is 0. The van der Waals surface area contributed by atoms with Gasteiger partial charge in [-0.05, 0) is 37.1 Å². The number of imide groups is 1. The number of rotatable bonds is 10. The lowest BCUT2D eigenvalue weighted by molar-refractivity contribution is -0.147. The summed E-state index contributed by atoms with van der Waals surface area (Å²) in [4.78, 5) is 47.4. The van der Waals surface area contributed by atoms with Crippen LogP contribution in [0, 0.1) is 0 Å². The molecule has 0 heterocycles. The van der Waals surface area contributed by atoms with E-state index in [-0.39, 0.29) is 16.5 Å². The van der Waals surface area contributed by atoms with Crippen LogP contribution in [0.25, 0.3) is 0 Å². The van der Waals surface area contributed by atoms with Crippen LogP contribution in [-0.2, 0) is 24.3 Å². The highest BCUT2D eigenvalue weighted by Crippen LogP contribution is 2.17. The second kappa shape index (κ2) is 12.3. The van der Waals surface area contributed by atoms with Crippen molar-refractivity contribution in [2.75, 3.05) is 26.2 Å². The van der Waals surface area contributed by atoms with E-state index in [9.17, 15) is 27.6 Å². The SMILES string of the molecule is CCN(CC)S(=O)(=O)c1ccc(C(=O)NCC(=O)OCC(=O)NC(=O)NC2CCCC2)cc1. The van der Waals surface area contributed by atoms with Gasteiger partial charge in [-0.3, -0.25) is 19.7 Å². The molecule has 1 fully saturated rings. The minimum absolute atomic E-state index is 0.0435. The molecule has 1 saturated carbocycles. The predicted octanol–water partition coefficient (Wildman–Crippen LogP) is 0.759. The highest BCUT2D eigenvalue weighted by atomic mass is 32.2. The van der Waals surface area contributed by atoms with Crippen molar-refractivity contribution in [3.05, 3.63) is 29.8 Å². The van der Waals surface area contributed by atoms with Gasteiger partial charge < -0.3 is 15.4 Å². The number of amides is 4. The zero-order valence-corrected chi connectivity index (χ0v) is 19.6. The normalized spacial score (nSPS) is 14.0. The fourth-order valence-electron chi connectivity index (χ4n) is 3.40. The number of nitrogens with zero attached hydrogens (tertiary/aromatic N) is 1. The number of hydrogen-bond donors (Lipinski definition) is 3. The van der Waals surface area contributed by atoms with Gasteiger partial charge in [-0.25, -0.2) is 13.2 Å². The molecule has 0 aliphatic heterocycles. The van der Waals surface area contributed by atoms with Crippen molar-refractivity contribution in [3.8, 4) is 0 Å². The average molecular weight is 483 g/mol. The van der Waals surface area contributed by atoms with Crippen LogP contribution in [0.3, 0.4) is 0 Å². The van der Waals surface area contributed by atoms with Crippen molar-refractivity contribution < 1.29 is 32.3 Å². The Labute approximate surface area is 193 Å². The summed E-state index contributed by atoms with van der Waals surface area (Å²) in [7, 11) is -3.64. The van der Waals surface area contributed by atoms with E-state index in [0.29, 0.717) is 13.1 Å². The molecule has 2 rings (SSSR count). The molecule has 11 nitrogen and oxygen atoms in total. The van der Waals surface area contributed by atoms with Gasteiger partial charge in [0.05, 0.1) is 4.90 Å². The molecule has 1 aliphatic rings. The monoisotopic (exact) mass is 482 g/mol. The first kappa shape index (κ1) is 26.3. The first-order valence-electron chi connectivity index (χ1n) is 10.8. The summed E-state index contributed by atoms with van der Waals surface area (Å²) in [5.74, 6) is -2.26. The molecule has 0 unspecified atom stereocenters. The molecular weight excluding hydrogens is 452 g/mol. The van der Waals surface area contributed by atoms with Crippen molar-refractivity contribution in [2.45, 2.75) is 50.5 Å².